The lowest BCUT2D eigenvalue weighted by Gasteiger charge is -2.40. The highest BCUT2D eigenvalue weighted by atomic mass is 16.4. The van der Waals surface area contributed by atoms with Gasteiger partial charge >= 0.3 is 5.97 Å². The minimum atomic E-state index is -0.695. The molecule has 2 rings (SSSR count). The molecule has 0 unspecified atom stereocenters. The Morgan fingerprint density at radius 3 is 2.47 bits per heavy atom. The van der Waals surface area contributed by atoms with Crippen LogP contribution in [0.15, 0.2) is 30.3 Å². The first-order chi connectivity index (χ1) is 9.15. The van der Waals surface area contributed by atoms with Crippen LogP contribution in [0.25, 0.3) is 0 Å². The van der Waals surface area contributed by atoms with Gasteiger partial charge in [-0.15, -0.1) is 0 Å². The van der Waals surface area contributed by atoms with Gasteiger partial charge in [-0.3, -0.25) is 4.79 Å². The number of aliphatic carboxylic acids is 1. The number of rotatable bonds is 5. The third-order valence-corrected chi connectivity index (χ3v) is 4.26. The van der Waals surface area contributed by atoms with Gasteiger partial charge in [0.25, 0.3) is 0 Å². The zero-order valence-electron chi connectivity index (χ0n) is 11.6. The smallest absolute Gasteiger partial charge is 0.305 e. The summed E-state index contributed by atoms with van der Waals surface area (Å²) in [6, 6.07) is 10.6. The van der Waals surface area contributed by atoms with E-state index in [-0.39, 0.29) is 12.0 Å². The van der Waals surface area contributed by atoms with Crippen molar-refractivity contribution in [1.29, 1.82) is 0 Å². The summed E-state index contributed by atoms with van der Waals surface area (Å²) in [6.45, 7) is 2.89. The maximum Gasteiger partial charge on any atom is 0.305 e. The first-order valence-corrected chi connectivity index (χ1v) is 7.17. The number of benzene rings is 1. The standard InChI is InChI=1S/C16H23NO2/c1-2-17-16(12-15(18)19)10-8-14(9-11-16)13-6-4-3-5-7-13/h3-7,14,17H,2,8-12H2,1H3,(H,18,19). The zero-order chi connectivity index (χ0) is 13.7. The number of carboxylic acid groups (broad SMARTS) is 1. The molecular formula is C16H23NO2. The SMILES string of the molecule is CCNC1(CC(=O)O)CCC(c2ccccc2)CC1. The average molecular weight is 261 g/mol. The third kappa shape index (κ3) is 3.57. The van der Waals surface area contributed by atoms with E-state index in [1.807, 2.05) is 13.0 Å². The molecule has 0 aliphatic heterocycles. The van der Waals surface area contributed by atoms with E-state index in [9.17, 15) is 4.79 Å². The average Bonchev–Trinajstić information content (AvgIpc) is 2.40. The number of carbonyl (C=O) groups is 1. The van der Waals surface area contributed by atoms with E-state index >= 15 is 0 Å². The van der Waals surface area contributed by atoms with Gasteiger partial charge in [0.05, 0.1) is 6.42 Å². The highest BCUT2D eigenvalue weighted by Gasteiger charge is 2.36. The molecule has 2 N–H and O–H groups in total. The molecule has 1 fully saturated rings. The van der Waals surface area contributed by atoms with Crippen molar-refractivity contribution in [2.24, 2.45) is 0 Å². The minimum Gasteiger partial charge on any atom is -0.481 e. The van der Waals surface area contributed by atoms with Gasteiger partial charge in [-0.1, -0.05) is 37.3 Å². The van der Waals surface area contributed by atoms with Crippen LogP contribution in [-0.4, -0.2) is 23.2 Å². The van der Waals surface area contributed by atoms with Crippen LogP contribution >= 0.6 is 0 Å². The number of hydrogen-bond donors (Lipinski definition) is 2. The molecule has 3 heteroatoms. The summed E-state index contributed by atoms with van der Waals surface area (Å²) >= 11 is 0. The Morgan fingerprint density at radius 2 is 1.95 bits per heavy atom. The van der Waals surface area contributed by atoms with Gasteiger partial charge in [-0.05, 0) is 43.7 Å². The van der Waals surface area contributed by atoms with Gasteiger partial charge in [0.2, 0.25) is 0 Å². The van der Waals surface area contributed by atoms with Crippen molar-refractivity contribution in [3.63, 3.8) is 0 Å². The zero-order valence-corrected chi connectivity index (χ0v) is 11.6. The van der Waals surface area contributed by atoms with E-state index in [1.165, 1.54) is 5.56 Å². The van der Waals surface area contributed by atoms with Gasteiger partial charge < -0.3 is 10.4 Å². The Balaban J connectivity index is 2.01. The predicted molar refractivity (Wildman–Crippen MR) is 76.3 cm³/mol. The van der Waals surface area contributed by atoms with Crippen molar-refractivity contribution in [2.75, 3.05) is 6.54 Å². The molecule has 3 nitrogen and oxygen atoms in total. The maximum atomic E-state index is 11.1. The molecular weight excluding hydrogens is 238 g/mol. The van der Waals surface area contributed by atoms with Crippen LogP contribution < -0.4 is 5.32 Å². The highest BCUT2D eigenvalue weighted by Crippen LogP contribution is 2.39. The summed E-state index contributed by atoms with van der Waals surface area (Å²) in [5.41, 5.74) is 1.20. The molecule has 0 amide bonds. The monoisotopic (exact) mass is 261 g/mol. The lowest BCUT2D eigenvalue weighted by atomic mass is 9.72. The van der Waals surface area contributed by atoms with Crippen molar-refractivity contribution < 1.29 is 9.90 Å². The fourth-order valence-electron chi connectivity index (χ4n) is 3.31. The number of nitrogens with one attached hydrogen (secondary N) is 1. The predicted octanol–water partition coefficient (Wildman–Crippen LogP) is 3.17. The summed E-state index contributed by atoms with van der Waals surface area (Å²) in [6.07, 6.45) is 4.29. The van der Waals surface area contributed by atoms with Gasteiger partial charge in [-0.25, -0.2) is 0 Å². The van der Waals surface area contributed by atoms with E-state index < -0.39 is 5.97 Å². The fourth-order valence-corrected chi connectivity index (χ4v) is 3.31. The highest BCUT2D eigenvalue weighted by molar-refractivity contribution is 5.68. The van der Waals surface area contributed by atoms with E-state index in [0.717, 1.165) is 32.2 Å². The van der Waals surface area contributed by atoms with Gasteiger partial charge in [0, 0.05) is 5.54 Å². The van der Waals surface area contributed by atoms with Crippen LogP contribution in [0.3, 0.4) is 0 Å². The van der Waals surface area contributed by atoms with Crippen LogP contribution in [0.5, 0.6) is 0 Å². The normalized spacial score (nSPS) is 27.1. The Hall–Kier alpha value is -1.35. The summed E-state index contributed by atoms with van der Waals surface area (Å²) in [4.78, 5) is 11.1. The quantitative estimate of drug-likeness (QED) is 0.856. The molecule has 0 saturated heterocycles. The summed E-state index contributed by atoms with van der Waals surface area (Å²) in [7, 11) is 0. The van der Waals surface area contributed by atoms with Crippen LogP contribution in [0.2, 0.25) is 0 Å². The van der Waals surface area contributed by atoms with Crippen molar-refractivity contribution in [1.82, 2.24) is 5.32 Å². The summed E-state index contributed by atoms with van der Waals surface area (Å²) in [5, 5.41) is 12.5. The van der Waals surface area contributed by atoms with Crippen molar-refractivity contribution in [3.8, 4) is 0 Å². The van der Waals surface area contributed by atoms with Crippen molar-refractivity contribution in [2.45, 2.75) is 50.5 Å². The molecule has 1 saturated carbocycles. The maximum absolute atomic E-state index is 11.1. The van der Waals surface area contributed by atoms with Crippen LogP contribution in [-0.2, 0) is 4.79 Å². The van der Waals surface area contributed by atoms with Crippen LogP contribution in [0.4, 0.5) is 0 Å². The molecule has 19 heavy (non-hydrogen) atoms. The molecule has 0 radical (unpaired) electrons. The largest absolute Gasteiger partial charge is 0.481 e. The molecule has 104 valence electrons. The first kappa shape index (κ1) is 14.1. The molecule has 1 aromatic carbocycles. The lowest BCUT2D eigenvalue weighted by Crippen LogP contribution is -2.49. The Bertz CT molecular complexity index is 408. The molecule has 1 aliphatic rings. The second-order valence-corrected chi connectivity index (χ2v) is 5.57. The molecule has 0 bridgehead atoms. The fraction of sp³-hybridized carbons (Fsp3) is 0.562. The molecule has 1 aliphatic carbocycles. The van der Waals surface area contributed by atoms with E-state index in [0.29, 0.717) is 5.92 Å². The number of hydrogen-bond acceptors (Lipinski definition) is 2. The van der Waals surface area contributed by atoms with Gasteiger partial charge in [0.1, 0.15) is 0 Å². The Labute approximate surface area is 115 Å². The molecule has 0 atom stereocenters. The van der Waals surface area contributed by atoms with Gasteiger partial charge in [0.15, 0.2) is 0 Å². The summed E-state index contributed by atoms with van der Waals surface area (Å²) < 4.78 is 0. The molecule has 1 aromatic rings. The topological polar surface area (TPSA) is 49.3 Å². The first-order valence-electron chi connectivity index (χ1n) is 7.17. The lowest BCUT2D eigenvalue weighted by molar-refractivity contribution is -0.139. The molecule has 0 heterocycles. The van der Waals surface area contributed by atoms with E-state index in [2.05, 4.69) is 29.6 Å². The van der Waals surface area contributed by atoms with Crippen LogP contribution in [0.1, 0.15) is 50.5 Å². The summed E-state index contributed by atoms with van der Waals surface area (Å²) in [5.74, 6) is -0.110. The van der Waals surface area contributed by atoms with Crippen LogP contribution in [0, 0.1) is 0 Å². The van der Waals surface area contributed by atoms with E-state index in [4.69, 9.17) is 5.11 Å². The second-order valence-electron chi connectivity index (χ2n) is 5.57. The van der Waals surface area contributed by atoms with E-state index in [1.54, 1.807) is 0 Å². The Kier molecular flexibility index (Phi) is 4.59. The molecule has 0 aromatic heterocycles. The minimum absolute atomic E-state index is 0.189. The second kappa shape index (κ2) is 6.20. The van der Waals surface area contributed by atoms with Gasteiger partial charge in [-0.2, -0.15) is 0 Å². The molecule has 0 spiro atoms. The third-order valence-electron chi connectivity index (χ3n) is 4.26. The number of carboxylic acids is 1. The Morgan fingerprint density at radius 1 is 1.32 bits per heavy atom. The van der Waals surface area contributed by atoms with Crippen molar-refractivity contribution in [3.05, 3.63) is 35.9 Å². The van der Waals surface area contributed by atoms with Crippen molar-refractivity contribution >= 4 is 5.97 Å².